The Morgan fingerprint density at radius 1 is 1.22 bits per heavy atom. The number of nitrogens with zero attached hydrogens (tertiary/aromatic N) is 3. The third kappa shape index (κ3) is 5.98. The largest absolute Gasteiger partial charge is 0.356 e. The zero-order valence-corrected chi connectivity index (χ0v) is 16.5. The van der Waals surface area contributed by atoms with Crippen LogP contribution in [0.15, 0.2) is 53.3 Å². The van der Waals surface area contributed by atoms with Gasteiger partial charge in [-0.15, -0.1) is 0 Å². The molecule has 3 rings (SSSR count). The molecular formula is C22H31N5. The lowest BCUT2D eigenvalue weighted by Crippen LogP contribution is -2.37. The summed E-state index contributed by atoms with van der Waals surface area (Å²) in [5.74, 6) is 1.90. The van der Waals surface area contributed by atoms with E-state index in [1.54, 1.807) is 5.57 Å². The average molecular weight is 366 g/mol. The number of hydrogen-bond donors (Lipinski definition) is 2. The van der Waals surface area contributed by atoms with E-state index in [1.165, 1.54) is 36.8 Å². The molecule has 0 bridgehead atoms. The van der Waals surface area contributed by atoms with Crippen molar-refractivity contribution < 1.29 is 0 Å². The van der Waals surface area contributed by atoms with Gasteiger partial charge in [-0.05, 0) is 50.2 Å². The van der Waals surface area contributed by atoms with Crippen molar-refractivity contribution in [2.45, 2.75) is 52.1 Å². The Kier molecular flexibility index (Phi) is 7.08. The molecule has 5 heteroatoms. The molecule has 0 saturated carbocycles. The molecule has 144 valence electrons. The first-order valence-electron chi connectivity index (χ1n) is 9.92. The highest BCUT2D eigenvalue weighted by Gasteiger charge is 2.05. The van der Waals surface area contributed by atoms with E-state index in [0.29, 0.717) is 0 Å². The number of allylic oxidation sites excluding steroid dienone is 1. The fraction of sp³-hybridized carbons (Fsp3) is 0.455. The quantitative estimate of drug-likeness (QED) is 0.446. The number of aryl methyl sites for hydroxylation is 1. The first-order chi connectivity index (χ1) is 13.2. The minimum Gasteiger partial charge on any atom is -0.356 e. The van der Waals surface area contributed by atoms with E-state index in [1.807, 2.05) is 26.4 Å². The smallest absolute Gasteiger partial charge is 0.191 e. The summed E-state index contributed by atoms with van der Waals surface area (Å²) < 4.78 is 2.16. The van der Waals surface area contributed by atoms with Crippen LogP contribution in [-0.4, -0.2) is 29.1 Å². The van der Waals surface area contributed by atoms with Crippen LogP contribution in [0, 0.1) is 6.92 Å². The highest BCUT2D eigenvalue weighted by atomic mass is 15.2. The van der Waals surface area contributed by atoms with Gasteiger partial charge in [-0.25, -0.2) is 4.98 Å². The van der Waals surface area contributed by atoms with Crippen LogP contribution in [0.25, 0.3) is 0 Å². The molecule has 0 radical (unpaired) electrons. The molecule has 0 saturated heterocycles. The molecular weight excluding hydrogens is 334 g/mol. The molecule has 1 aromatic heterocycles. The van der Waals surface area contributed by atoms with Crippen molar-refractivity contribution in [1.82, 2.24) is 20.2 Å². The molecule has 2 N–H and O–H groups in total. The number of hydrogen-bond acceptors (Lipinski definition) is 2. The van der Waals surface area contributed by atoms with Gasteiger partial charge in [0.1, 0.15) is 5.82 Å². The Labute approximate surface area is 162 Å². The van der Waals surface area contributed by atoms with Crippen molar-refractivity contribution in [1.29, 1.82) is 0 Å². The van der Waals surface area contributed by atoms with Gasteiger partial charge in [0, 0.05) is 39.1 Å². The van der Waals surface area contributed by atoms with Crippen LogP contribution in [-0.2, 0) is 13.1 Å². The number of aromatic nitrogens is 2. The van der Waals surface area contributed by atoms with Crippen molar-refractivity contribution in [2.24, 2.45) is 4.99 Å². The van der Waals surface area contributed by atoms with Gasteiger partial charge in [0.25, 0.3) is 0 Å². The van der Waals surface area contributed by atoms with Gasteiger partial charge >= 0.3 is 0 Å². The minimum atomic E-state index is 0.763. The summed E-state index contributed by atoms with van der Waals surface area (Å²) in [6.07, 6.45) is 12.6. The van der Waals surface area contributed by atoms with Crippen molar-refractivity contribution in [3.63, 3.8) is 0 Å². The Morgan fingerprint density at radius 2 is 2.11 bits per heavy atom. The number of rotatable bonds is 7. The van der Waals surface area contributed by atoms with Crippen LogP contribution >= 0.6 is 0 Å². The van der Waals surface area contributed by atoms with Crippen molar-refractivity contribution in [2.75, 3.05) is 13.6 Å². The molecule has 2 aromatic rings. The monoisotopic (exact) mass is 365 g/mol. The summed E-state index contributed by atoms with van der Waals surface area (Å²) >= 11 is 0. The Hall–Kier alpha value is -2.56. The van der Waals surface area contributed by atoms with Gasteiger partial charge in [-0.1, -0.05) is 35.9 Å². The zero-order valence-electron chi connectivity index (χ0n) is 16.5. The number of aliphatic imine (C=N–C) groups is 1. The van der Waals surface area contributed by atoms with Gasteiger partial charge in [0.15, 0.2) is 5.96 Å². The van der Waals surface area contributed by atoms with Gasteiger partial charge < -0.3 is 15.2 Å². The third-order valence-electron chi connectivity index (χ3n) is 5.08. The fourth-order valence-corrected chi connectivity index (χ4v) is 3.49. The molecule has 1 aromatic carbocycles. The average Bonchev–Trinajstić information content (AvgIpc) is 3.10. The van der Waals surface area contributed by atoms with E-state index in [2.05, 4.69) is 55.5 Å². The van der Waals surface area contributed by atoms with Crippen molar-refractivity contribution in [3.8, 4) is 0 Å². The maximum atomic E-state index is 4.34. The second-order valence-electron chi connectivity index (χ2n) is 7.13. The third-order valence-corrected chi connectivity index (χ3v) is 5.08. The number of guanidine groups is 1. The van der Waals surface area contributed by atoms with Crippen LogP contribution in [0.1, 0.15) is 49.1 Å². The van der Waals surface area contributed by atoms with Gasteiger partial charge in [-0.3, -0.25) is 4.99 Å². The molecule has 0 spiro atoms. The molecule has 0 amide bonds. The molecule has 0 unspecified atom stereocenters. The van der Waals surface area contributed by atoms with Gasteiger partial charge in [-0.2, -0.15) is 0 Å². The summed E-state index contributed by atoms with van der Waals surface area (Å²) in [5, 5.41) is 6.85. The standard InChI is InChI=1S/C22H31N5/c1-18-24-13-14-27(18)17-21-10-6-9-20(15-21)16-26-22(23-2)25-12-11-19-7-4-3-5-8-19/h6-7,9-10,13-15H,3-5,8,11-12,16-17H2,1-2H3,(H2,23,25,26). The maximum absolute atomic E-state index is 4.34. The topological polar surface area (TPSA) is 54.2 Å². The second-order valence-corrected chi connectivity index (χ2v) is 7.13. The van der Waals surface area contributed by atoms with Crippen molar-refractivity contribution in [3.05, 3.63) is 65.3 Å². The summed E-state index contributed by atoms with van der Waals surface area (Å²) in [6, 6.07) is 8.67. The van der Waals surface area contributed by atoms with E-state index >= 15 is 0 Å². The number of nitrogens with one attached hydrogen (secondary N) is 2. The van der Waals surface area contributed by atoms with E-state index in [9.17, 15) is 0 Å². The second kappa shape index (κ2) is 9.95. The van der Waals surface area contributed by atoms with Crippen LogP contribution in [0.4, 0.5) is 0 Å². The SMILES string of the molecule is CN=C(NCCC1=CCCCC1)NCc1cccc(Cn2ccnc2C)c1. The molecule has 1 aliphatic rings. The summed E-state index contributed by atoms with van der Waals surface area (Å²) in [6.45, 7) is 4.58. The van der Waals surface area contributed by atoms with Crippen LogP contribution < -0.4 is 10.6 Å². The summed E-state index contributed by atoms with van der Waals surface area (Å²) in [7, 11) is 1.83. The van der Waals surface area contributed by atoms with E-state index in [0.717, 1.165) is 37.8 Å². The first kappa shape index (κ1) is 19.2. The fourth-order valence-electron chi connectivity index (χ4n) is 3.49. The van der Waals surface area contributed by atoms with Crippen LogP contribution in [0.3, 0.4) is 0 Å². The maximum Gasteiger partial charge on any atom is 0.191 e. The van der Waals surface area contributed by atoms with Gasteiger partial charge in [0.05, 0.1) is 0 Å². The molecule has 0 fully saturated rings. The Bertz CT molecular complexity index is 788. The lowest BCUT2D eigenvalue weighted by atomic mass is 9.97. The predicted molar refractivity (Wildman–Crippen MR) is 112 cm³/mol. The van der Waals surface area contributed by atoms with Crippen molar-refractivity contribution >= 4 is 5.96 Å². The summed E-state index contributed by atoms with van der Waals surface area (Å²) in [5.41, 5.74) is 4.12. The molecule has 1 heterocycles. The molecule has 0 atom stereocenters. The van der Waals surface area contributed by atoms with E-state index < -0.39 is 0 Å². The molecule has 1 aliphatic carbocycles. The first-order valence-corrected chi connectivity index (χ1v) is 9.92. The highest BCUT2D eigenvalue weighted by molar-refractivity contribution is 5.79. The molecule has 27 heavy (non-hydrogen) atoms. The number of imidazole rings is 1. The lowest BCUT2D eigenvalue weighted by Gasteiger charge is -2.15. The Balaban J connectivity index is 1.47. The minimum absolute atomic E-state index is 0.763. The normalized spacial score (nSPS) is 14.7. The molecule has 0 aliphatic heterocycles. The van der Waals surface area contributed by atoms with Crippen LogP contribution in [0.5, 0.6) is 0 Å². The highest BCUT2D eigenvalue weighted by Crippen LogP contribution is 2.19. The van der Waals surface area contributed by atoms with Gasteiger partial charge in [0.2, 0.25) is 0 Å². The zero-order chi connectivity index (χ0) is 18.9. The summed E-state index contributed by atoms with van der Waals surface area (Å²) in [4.78, 5) is 8.63. The predicted octanol–water partition coefficient (Wildman–Crippen LogP) is 3.80. The Morgan fingerprint density at radius 3 is 2.85 bits per heavy atom. The number of benzene rings is 1. The van der Waals surface area contributed by atoms with E-state index in [-0.39, 0.29) is 0 Å². The molecule has 5 nitrogen and oxygen atoms in total. The van der Waals surface area contributed by atoms with E-state index in [4.69, 9.17) is 0 Å². The van der Waals surface area contributed by atoms with Crippen LogP contribution in [0.2, 0.25) is 0 Å². The lowest BCUT2D eigenvalue weighted by molar-refractivity contribution is 0.665.